The van der Waals surface area contributed by atoms with Gasteiger partial charge in [-0.1, -0.05) is 6.42 Å². The van der Waals surface area contributed by atoms with Crippen LogP contribution in [0.3, 0.4) is 0 Å². The molecule has 0 aromatic carbocycles. The molecule has 0 amide bonds. The fourth-order valence-corrected chi connectivity index (χ4v) is 2.47. The van der Waals surface area contributed by atoms with E-state index in [-0.39, 0.29) is 16.9 Å². The average Bonchev–Trinajstić information content (AvgIpc) is 2.13. The second-order valence-electron chi connectivity index (χ2n) is 3.53. The molecular weight excluding hydrogens is 216 g/mol. The summed E-state index contributed by atoms with van der Waals surface area (Å²) in [4.78, 5) is 7.35. The Bertz CT molecular complexity index is 438. The van der Waals surface area contributed by atoms with Gasteiger partial charge >= 0.3 is 0 Å². The maximum atomic E-state index is 11.7. The third-order valence-electron chi connectivity index (χ3n) is 2.39. The number of anilines is 1. The van der Waals surface area contributed by atoms with E-state index >= 15 is 0 Å². The first-order chi connectivity index (χ1) is 7.08. The van der Waals surface area contributed by atoms with Gasteiger partial charge in [0.15, 0.2) is 0 Å². The maximum Gasteiger partial charge on any atom is 0.243 e. The van der Waals surface area contributed by atoms with Crippen molar-refractivity contribution in [1.82, 2.24) is 14.7 Å². The topological polar surface area (TPSA) is 98.0 Å². The zero-order valence-electron chi connectivity index (χ0n) is 8.05. The van der Waals surface area contributed by atoms with Crippen LogP contribution in [-0.4, -0.2) is 24.4 Å². The fourth-order valence-electron chi connectivity index (χ4n) is 1.28. The number of nitrogens with zero attached hydrogens (tertiary/aromatic N) is 2. The zero-order valence-corrected chi connectivity index (χ0v) is 8.87. The lowest BCUT2D eigenvalue weighted by atomic mass is 9.94. The molecule has 0 saturated heterocycles. The Hall–Kier alpha value is -1.21. The molecule has 7 heteroatoms. The summed E-state index contributed by atoms with van der Waals surface area (Å²) in [6.45, 7) is 0. The highest BCUT2D eigenvalue weighted by Crippen LogP contribution is 2.20. The lowest BCUT2D eigenvalue weighted by Gasteiger charge is -2.25. The van der Waals surface area contributed by atoms with Gasteiger partial charge in [-0.25, -0.2) is 23.1 Å². The van der Waals surface area contributed by atoms with Gasteiger partial charge in [-0.15, -0.1) is 0 Å². The highest BCUT2D eigenvalue weighted by Gasteiger charge is 2.24. The molecule has 0 radical (unpaired) electrons. The second kappa shape index (κ2) is 3.74. The summed E-state index contributed by atoms with van der Waals surface area (Å²) in [5, 5.41) is 0. The van der Waals surface area contributed by atoms with Crippen molar-refractivity contribution in [3.63, 3.8) is 0 Å². The number of nitrogens with two attached hydrogens (primary N) is 1. The lowest BCUT2D eigenvalue weighted by molar-refractivity contribution is 0.383. The largest absolute Gasteiger partial charge is 0.368 e. The first-order valence-corrected chi connectivity index (χ1v) is 6.16. The Morgan fingerprint density at radius 1 is 1.33 bits per heavy atom. The van der Waals surface area contributed by atoms with E-state index in [2.05, 4.69) is 14.7 Å². The lowest BCUT2D eigenvalue weighted by Crippen LogP contribution is -2.39. The number of rotatable bonds is 3. The van der Waals surface area contributed by atoms with Crippen LogP contribution in [-0.2, 0) is 10.0 Å². The second-order valence-corrected chi connectivity index (χ2v) is 5.24. The van der Waals surface area contributed by atoms with Gasteiger partial charge in [0.05, 0.1) is 12.4 Å². The molecule has 1 aromatic heterocycles. The molecule has 82 valence electrons. The van der Waals surface area contributed by atoms with E-state index in [4.69, 9.17) is 5.73 Å². The Morgan fingerprint density at radius 2 is 1.93 bits per heavy atom. The summed E-state index contributed by atoms with van der Waals surface area (Å²) in [6, 6.07) is 0.0625. The van der Waals surface area contributed by atoms with Crippen molar-refractivity contribution < 1.29 is 8.42 Å². The smallest absolute Gasteiger partial charge is 0.243 e. The van der Waals surface area contributed by atoms with Crippen molar-refractivity contribution in [1.29, 1.82) is 0 Å². The molecule has 1 heterocycles. The number of hydrogen-bond acceptors (Lipinski definition) is 5. The molecule has 15 heavy (non-hydrogen) atoms. The van der Waals surface area contributed by atoms with E-state index in [1.165, 1.54) is 12.4 Å². The normalized spacial score (nSPS) is 17.3. The van der Waals surface area contributed by atoms with Crippen LogP contribution in [0.25, 0.3) is 0 Å². The molecule has 1 fully saturated rings. The molecule has 0 bridgehead atoms. The monoisotopic (exact) mass is 228 g/mol. The van der Waals surface area contributed by atoms with Crippen LogP contribution in [0.5, 0.6) is 0 Å². The zero-order chi connectivity index (χ0) is 10.9. The van der Waals surface area contributed by atoms with E-state index in [9.17, 15) is 8.42 Å². The Labute approximate surface area is 88.0 Å². The van der Waals surface area contributed by atoms with Crippen molar-refractivity contribution in [2.45, 2.75) is 30.2 Å². The first kappa shape index (κ1) is 10.3. The molecule has 2 rings (SSSR count). The third kappa shape index (κ3) is 2.24. The number of nitrogens with one attached hydrogen (secondary N) is 1. The minimum atomic E-state index is -3.47. The van der Waals surface area contributed by atoms with Gasteiger partial charge in [-0.3, -0.25) is 0 Å². The third-order valence-corrected chi connectivity index (χ3v) is 3.86. The molecule has 0 aliphatic heterocycles. The van der Waals surface area contributed by atoms with Gasteiger partial charge in [0.2, 0.25) is 16.0 Å². The van der Waals surface area contributed by atoms with Crippen LogP contribution in [0.1, 0.15) is 19.3 Å². The highest BCUT2D eigenvalue weighted by atomic mass is 32.2. The summed E-state index contributed by atoms with van der Waals surface area (Å²) in [5.41, 5.74) is 5.27. The molecule has 1 aromatic rings. The van der Waals surface area contributed by atoms with Gasteiger partial charge in [0.25, 0.3) is 0 Å². The summed E-state index contributed by atoms with van der Waals surface area (Å²) < 4.78 is 26.0. The first-order valence-electron chi connectivity index (χ1n) is 4.68. The predicted molar refractivity (Wildman–Crippen MR) is 54.4 cm³/mol. The minimum Gasteiger partial charge on any atom is -0.368 e. The molecule has 1 aliphatic carbocycles. The number of hydrogen-bond donors (Lipinski definition) is 2. The average molecular weight is 228 g/mol. The summed E-state index contributed by atoms with van der Waals surface area (Å²) in [6.07, 6.45) is 5.29. The predicted octanol–water partition coefficient (Wildman–Crippen LogP) is -0.110. The van der Waals surface area contributed by atoms with Gasteiger partial charge in [-0.05, 0) is 12.8 Å². The van der Waals surface area contributed by atoms with Crippen LogP contribution in [0, 0.1) is 0 Å². The van der Waals surface area contributed by atoms with Crippen molar-refractivity contribution in [3.8, 4) is 0 Å². The Kier molecular flexibility index (Phi) is 2.57. The fraction of sp³-hybridized carbons (Fsp3) is 0.500. The van der Waals surface area contributed by atoms with Crippen LogP contribution < -0.4 is 10.5 Å². The van der Waals surface area contributed by atoms with Gasteiger partial charge < -0.3 is 5.73 Å². The van der Waals surface area contributed by atoms with Gasteiger partial charge in [0.1, 0.15) is 4.90 Å². The SMILES string of the molecule is Nc1ncc(S(=O)(=O)NC2CCC2)cn1. The van der Waals surface area contributed by atoms with Crippen LogP contribution in [0.2, 0.25) is 0 Å². The van der Waals surface area contributed by atoms with E-state index in [1.807, 2.05) is 0 Å². The molecule has 0 atom stereocenters. The van der Waals surface area contributed by atoms with Gasteiger partial charge in [-0.2, -0.15) is 0 Å². The van der Waals surface area contributed by atoms with Crippen molar-refractivity contribution in [2.24, 2.45) is 0 Å². The standard InChI is InChI=1S/C8H12N4O2S/c9-8-10-4-7(5-11-8)15(13,14)12-6-2-1-3-6/h4-6,12H,1-3H2,(H2,9,10,11). The molecule has 1 aliphatic rings. The van der Waals surface area contributed by atoms with Crippen molar-refractivity contribution in [3.05, 3.63) is 12.4 Å². The summed E-state index contributed by atoms with van der Waals surface area (Å²) >= 11 is 0. The van der Waals surface area contributed by atoms with Crippen molar-refractivity contribution >= 4 is 16.0 Å². The van der Waals surface area contributed by atoms with E-state index in [0.29, 0.717) is 0 Å². The molecule has 0 unspecified atom stereocenters. The Balaban J connectivity index is 2.17. The number of nitrogen functional groups attached to an aromatic ring is 1. The molecule has 0 spiro atoms. The molecule has 1 saturated carbocycles. The van der Waals surface area contributed by atoms with Gasteiger partial charge in [0, 0.05) is 6.04 Å². The molecule has 3 N–H and O–H groups in total. The van der Waals surface area contributed by atoms with E-state index in [0.717, 1.165) is 19.3 Å². The summed E-state index contributed by atoms with van der Waals surface area (Å²) in [7, 11) is -3.47. The van der Waals surface area contributed by atoms with Crippen LogP contribution in [0.15, 0.2) is 17.3 Å². The highest BCUT2D eigenvalue weighted by molar-refractivity contribution is 7.89. The van der Waals surface area contributed by atoms with E-state index in [1.54, 1.807) is 0 Å². The van der Waals surface area contributed by atoms with E-state index < -0.39 is 10.0 Å². The van der Waals surface area contributed by atoms with Crippen LogP contribution >= 0.6 is 0 Å². The Morgan fingerprint density at radius 3 is 2.40 bits per heavy atom. The quantitative estimate of drug-likeness (QED) is 0.752. The van der Waals surface area contributed by atoms with Crippen molar-refractivity contribution in [2.75, 3.05) is 5.73 Å². The van der Waals surface area contributed by atoms with Crippen LogP contribution in [0.4, 0.5) is 5.95 Å². The molecular formula is C8H12N4O2S. The number of sulfonamides is 1. The summed E-state index contributed by atoms with van der Waals surface area (Å²) in [5.74, 6) is 0.0672. The molecule has 6 nitrogen and oxygen atoms in total. The minimum absolute atomic E-state index is 0.0589. The number of aromatic nitrogens is 2. The maximum absolute atomic E-state index is 11.7.